The molecular weight excluding hydrogens is 192 g/mol. The Morgan fingerprint density at radius 3 is 2.60 bits per heavy atom. The molecule has 82 valence electrons. The van der Waals surface area contributed by atoms with Gasteiger partial charge in [-0.1, -0.05) is 18.6 Å². The third-order valence-electron chi connectivity index (χ3n) is 2.83. The highest BCUT2D eigenvalue weighted by atomic mass is 16.8. The molecule has 2 aliphatic rings. The second kappa shape index (κ2) is 4.09. The van der Waals surface area contributed by atoms with Gasteiger partial charge in [0.2, 0.25) is 5.76 Å². The number of allylic oxidation sites excluding steroid dienone is 3. The van der Waals surface area contributed by atoms with Gasteiger partial charge in [0.1, 0.15) is 0 Å². The van der Waals surface area contributed by atoms with Crippen molar-refractivity contribution in [3.05, 3.63) is 24.0 Å². The molecule has 1 aliphatic carbocycles. The predicted octanol–water partition coefficient (Wildman–Crippen LogP) is 2.68. The summed E-state index contributed by atoms with van der Waals surface area (Å²) >= 11 is 0. The van der Waals surface area contributed by atoms with Crippen LogP contribution in [0.5, 0.6) is 0 Å². The molecule has 1 saturated heterocycles. The van der Waals surface area contributed by atoms with Crippen LogP contribution in [0.3, 0.4) is 0 Å². The normalized spacial score (nSPS) is 27.3. The van der Waals surface area contributed by atoms with Gasteiger partial charge >= 0.3 is 5.97 Å². The van der Waals surface area contributed by atoms with E-state index in [1.807, 2.05) is 13.0 Å². The van der Waals surface area contributed by atoms with Gasteiger partial charge in [0.25, 0.3) is 5.79 Å². The third-order valence-corrected chi connectivity index (χ3v) is 2.83. The molecule has 0 amide bonds. The number of esters is 1. The standard InChI is InChI=1S/C12H16O3/c1-2-3-7-10-11(13)15-12(14-10)8-5-4-6-9-12/h2-3,7H,4-6,8-9H2,1H3. The van der Waals surface area contributed by atoms with Gasteiger partial charge in [-0.25, -0.2) is 4.79 Å². The Hall–Kier alpha value is -1.25. The van der Waals surface area contributed by atoms with E-state index >= 15 is 0 Å². The van der Waals surface area contributed by atoms with Crippen LogP contribution in [0.1, 0.15) is 39.0 Å². The molecule has 0 unspecified atom stereocenters. The first kappa shape index (κ1) is 10.3. The van der Waals surface area contributed by atoms with Gasteiger partial charge in [0, 0.05) is 12.8 Å². The lowest BCUT2D eigenvalue weighted by atomic mass is 9.94. The first-order valence-electron chi connectivity index (χ1n) is 5.51. The summed E-state index contributed by atoms with van der Waals surface area (Å²) in [6.07, 6.45) is 10.3. The molecule has 0 aromatic carbocycles. The molecule has 1 aliphatic heterocycles. The number of carbonyl (C=O) groups is 1. The van der Waals surface area contributed by atoms with E-state index in [0.717, 1.165) is 25.7 Å². The van der Waals surface area contributed by atoms with E-state index in [1.54, 1.807) is 12.2 Å². The molecule has 1 spiro atoms. The minimum Gasteiger partial charge on any atom is -0.445 e. The Bertz CT molecular complexity index is 309. The van der Waals surface area contributed by atoms with Crippen molar-refractivity contribution in [3.8, 4) is 0 Å². The Kier molecular flexibility index (Phi) is 2.80. The molecule has 0 aromatic heterocycles. The SMILES string of the molecule is CC=CC=C1OC2(CCCCC2)OC1=O. The van der Waals surface area contributed by atoms with Crippen LogP contribution in [0, 0.1) is 0 Å². The van der Waals surface area contributed by atoms with Gasteiger partial charge < -0.3 is 9.47 Å². The van der Waals surface area contributed by atoms with Crippen LogP contribution in [0.15, 0.2) is 24.0 Å². The van der Waals surface area contributed by atoms with E-state index in [9.17, 15) is 4.79 Å². The summed E-state index contributed by atoms with van der Waals surface area (Å²) in [5.74, 6) is -0.618. The van der Waals surface area contributed by atoms with Crippen LogP contribution in [-0.2, 0) is 14.3 Å². The summed E-state index contributed by atoms with van der Waals surface area (Å²) in [6, 6.07) is 0. The smallest absolute Gasteiger partial charge is 0.377 e. The first-order valence-corrected chi connectivity index (χ1v) is 5.51. The number of hydrogen-bond acceptors (Lipinski definition) is 3. The molecule has 1 heterocycles. The van der Waals surface area contributed by atoms with Crippen LogP contribution in [0.2, 0.25) is 0 Å². The maximum Gasteiger partial charge on any atom is 0.377 e. The second-order valence-corrected chi connectivity index (χ2v) is 4.02. The van der Waals surface area contributed by atoms with Gasteiger partial charge in [-0.2, -0.15) is 0 Å². The topological polar surface area (TPSA) is 35.5 Å². The highest BCUT2D eigenvalue weighted by molar-refractivity contribution is 5.88. The zero-order chi connectivity index (χ0) is 10.7. The second-order valence-electron chi connectivity index (χ2n) is 4.02. The van der Waals surface area contributed by atoms with Crippen molar-refractivity contribution >= 4 is 5.97 Å². The van der Waals surface area contributed by atoms with Crippen molar-refractivity contribution in [2.24, 2.45) is 0 Å². The molecule has 0 atom stereocenters. The third kappa shape index (κ3) is 2.06. The largest absolute Gasteiger partial charge is 0.445 e. The molecule has 3 heteroatoms. The monoisotopic (exact) mass is 208 g/mol. The molecule has 0 N–H and O–H groups in total. The fourth-order valence-corrected chi connectivity index (χ4v) is 2.06. The fourth-order valence-electron chi connectivity index (χ4n) is 2.06. The summed E-state index contributed by atoms with van der Waals surface area (Å²) in [5.41, 5.74) is 0. The van der Waals surface area contributed by atoms with Crippen molar-refractivity contribution in [1.82, 2.24) is 0 Å². The molecule has 15 heavy (non-hydrogen) atoms. The average Bonchev–Trinajstić information content (AvgIpc) is 2.53. The van der Waals surface area contributed by atoms with E-state index in [0.29, 0.717) is 5.76 Å². The molecule has 3 nitrogen and oxygen atoms in total. The maximum atomic E-state index is 11.5. The Morgan fingerprint density at radius 1 is 1.20 bits per heavy atom. The summed E-state index contributed by atoms with van der Waals surface area (Å²) in [7, 11) is 0. The van der Waals surface area contributed by atoms with E-state index < -0.39 is 5.79 Å². The Labute approximate surface area is 89.8 Å². The molecular formula is C12H16O3. The van der Waals surface area contributed by atoms with Gasteiger partial charge in [-0.05, 0) is 25.8 Å². The number of carbonyl (C=O) groups excluding carboxylic acids is 1. The van der Waals surface area contributed by atoms with Gasteiger partial charge in [-0.3, -0.25) is 0 Å². The van der Waals surface area contributed by atoms with Crippen LogP contribution >= 0.6 is 0 Å². The van der Waals surface area contributed by atoms with Crippen molar-refractivity contribution in [2.45, 2.75) is 44.8 Å². The van der Waals surface area contributed by atoms with E-state index in [4.69, 9.17) is 9.47 Å². The van der Waals surface area contributed by atoms with Crippen LogP contribution < -0.4 is 0 Å². The lowest BCUT2D eigenvalue weighted by Crippen LogP contribution is -2.32. The summed E-state index contributed by atoms with van der Waals surface area (Å²) in [6.45, 7) is 1.90. The minimum atomic E-state index is -0.636. The summed E-state index contributed by atoms with van der Waals surface area (Å²) in [5, 5.41) is 0. The molecule has 0 bridgehead atoms. The van der Waals surface area contributed by atoms with Crippen LogP contribution in [-0.4, -0.2) is 11.8 Å². The van der Waals surface area contributed by atoms with Crippen LogP contribution in [0.25, 0.3) is 0 Å². The number of rotatable bonds is 1. The zero-order valence-electron chi connectivity index (χ0n) is 8.99. The van der Waals surface area contributed by atoms with Crippen molar-refractivity contribution in [1.29, 1.82) is 0 Å². The molecule has 2 rings (SSSR count). The van der Waals surface area contributed by atoms with Gasteiger partial charge in [0.05, 0.1) is 0 Å². The molecule has 0 radical (unpaired) electrons. The Morgan fingerprint density at radius 2 is 1.93 bits per heavy atom. The minimum absolute atomic E-state index is 0.324. The quantitative estimate of drug-likeness (QED) is 0.491. The average molecular weight is 208 g/mol. The lowest BCUT2D eigenvalue weighted by Gasteiger charge is -2.29. The Balaban J connectivity index is 2.11. The van der Waals surface area contributed by atoms with Gasteiger partial charge in [0.15, 0.2) is 0 Å². The first-order chi connectivity index (χ1) is 7.26. The van der Waals surface area contributed by atoms with Crippen molar-refractivity contribution in [3.63, 3.8) is 0 Å². The zero-order valence-corrected chi connectivity index (χ0v) is 8.99. The fraction of sp³-hybridized carbons (Fsp3) is 0.583. The molecule has 0 aromatic rings. The van der Waals surface area contributed by atoms with Crippen molar-refractivity contribution in [2.75, 3.05) is 0 Å². The number of ether oxygens (including phenoxy) is 2. The van der Waals surface area contributed by atoms with E-state index in [-0.39, 0.29) is 5.97 Å². The predicted molar refractivity (Wildman–Crippen MR) is 55.9 cm³/mol. The van der Waals surface area contributed by atoms with Crippen molar-refractivity contribution < 1.29 is 14.3 Å². The molecule has 2 fully saturated rings. The number of hydrogen-bond donors (Lipinski definition) is 0. The van der Waals surface area contributed by atoms with Gasteiger partial charge in [-0.15, -0.1) is 0 Å². The molecule has 1 saturated carbocycles. The maximum absolute atomic E-state index is 11.5. The lowest BCUT2D eigenvalue weighted by molar-refractivity contribution is -0.182. The summed E-state index contributed by atoms with van der Waals surface area (Å²) < 4.78 is 11.0. The highest BCUT2D eigenvalue weighted by Crippen LogP contribution is 2.39. The van der Waals surface area contributed by atoms with Crippen LogP contribution in [0.4, 0.5) is 0 Å². The van der Waals surface area contributed by atoms with E-state index in [2.05, 4.69) is 0 Å². The highest BCUT2D eigenvalue weighted by Gasteiger charge is 2.46. The summed E-state index contributed by atoms with van der Waals surface area (Å²) in [4.78, 5) is 11.5. The van der Waals surface area contributed by atoms with E-state index in [1.165, 1.54) is 6.42 Å².